The van der Waals surface area contributed by atoms with Crippen LogP contribution in [0, 0.1) is 13.8 Å². The van der Waals surface area contributed by atoms with Gasteiger partial charge in [0.2, 0.25) is 5.76 Å². The van der Waals surface area contributed by atoms with Gasteiger partial charge < -0.3 is 15.5 Å². The lowest BCUT2D eigenvalue weighted by Crippen LogP contribution is -2.26. The highest BCUT2D eigenvalue weighted by Gasteiger charge is 2.18. The van der Waals surface area contributed by atoms with Gasteiger partial charge in [-0.15, -0.1) is 0 Å². The SMILES string of the molecule is Cc1nc(C)c(C(=O)NC(C)c2ccc(N)cc2)o1. The monoisotopic (exact) mass is 259 g/mol. The standard InChI is InChI=1S/C14H17N3O2/c1-8(11-4-6-12(15)7-5-11)17-14(18)13-9(2)16-10(3)19-13/h4-8H,15H2,1-3H3,(H,17,18). The largest absolute Gasteiger partial charge is 0.436 e. The molecule has 1 heterocycles. The van der Waals surface area contributed by atoms with Gasteiger partial charge in [0.1, 0.15) is 0 Å². The summed E-state index contributed by atoms with van der Waals surface area (Å²) >= 11 is 0. The number of nitrogens with two attached hydrogens (primary N) is 1. The van der Waals surface area contributed by atoms with Crippen molar-refractivity contribution in [2.75, 3.05) is 5.73 Å². The molecule has 0 saturated carbocycles. The Bertz CT molecular complexity index is 587. The van der Waals surface area contributed by atoms with Crippen LogP contribution in [0.25, 0.3) is 0 Å². The third-order valence-corrected chi connectivity index (χ3v) is 2.89. The predicted octanol–water partition coefficient (Wildman–Crippen LogP) is 2.36. The van der Waals surface area contributed by atoms with Crippen molar-refractivity contribution >= 4 is 11.6 Å². The van der Waals surface area contributed by atoms with Crippen LogP contribution in [0.2, 0.25) is 0 Å². The minimum atomic E-state index is -0.262. The van der Waals surface area contributed by atoms with Gasteiger partial charge in [-0.05, 0) is 31.5 Å². The molecule has 1 amide bonds. The molecule has 1 atom stereocenters. The molecular weight excluding hydrogens is 242 g/mol. The van der Waals surface area contributed by atoms with Crippen molar-refractivity contribution in [1.29, 1.82) is 0 Å². The maximum atomic E-state index is 12.1. The average molecular weight is 259 g/mol. The molecule has 0 bridgehead atoms. The number of aryl methyl sites for hydroxylation is 2. The number of hydrogen-bond donors (Lipinski definition) is 2. The first kappa shape index (κ1) is 13.1. The lowest BCUT2D eigenvalue weighted by Gasteiger charge is -2.13. The molecule has 19 heavy (non-hydrogen) atoms. The molecule has 3 N–H and O–H groups in total. The highest BCUT2D eigenvalue weighted by molar-refractivity contribution is 5.92. The molecule has 100 valence electrons. The van der Waals surface area contributed by atoms with Gasteiger partial charge in [-0.3, -0.25) is 4.79 Å². The molecule has 2 rings (SSSR count). The first-order valence-corrected chi connectivity index (χ1v) is 6.07. The van der Waals surface area contributed by atoms with Gasteiger partial charge >= 0.3 is 0 Å². The van der Waals surface area contributed by atoms with Gasteiger partial charge in [-0.25, -0.2) is 4.98 Å². The summed E-state index contributed by atoms with van der Waals surface area (Å²) < 4.78 is 5.29. The minimum Gasteiger partial charge on any atom is -0.436 e. The van der Waals surface area contributed by atoms with Crippen LogP contribution in [-0.4, -0.2) is 10.9 Å². The summed E-state index contributed by atoms with van der Waals surface area (Å²) in [5, 5.41) is 2.87. The molecule has 0 aliphatic rings. The summed E-state index contributed by atoms with van der Waals surface area (Å²) in [4.78, 5) is 16.1. The van der Waals surface area contributed by atoms with Gasteiger partial charge in [0, 0.05) is 12.6 Å². The Morgan fingerprint density at radius 3 is 2.47 bits per heavy atom. The van der Waals surface area contributed by atoms with Crippen LogP contribution in [-0.2, 0) is 0 Å². The Kier molecular flexibility index (Phi) is 3.55. The number of aromatic nitrogens is 1. The van der Waals surface area contributed by atoms with Crippen LogP contribution in [0.4, 0.5) is 5.69 Å². The summed E-state index contributed by atoms with van der Waals surface area (Å²) in [6.45, 7) is 5.37. The number of hydrogen-bond acceptors (Lipinski definition) is 4. The van der Waals surface area contributed by atoms with Gasteiger partial charge in [0.25, 0.3) is 5.91 Å². The van der Waals surface area contributed by atoms with Crippen LogP contribution < -0.4 is 11.1 Å². The van der Waals surface area contributed by atoms with E-state index in [0.29, 0.717) is 17.3 Å². The fourth-order valence-electron chi connectivity index (χ4n) is 1.87. The zero-order valence-corrected chi connectivity index (χ0v) is 11.2. The van der Waals surface area contributed by atoms with E-state index >= 15 is 0 Å². The Morgan fingerprint density at radius 1 is 1.32 bits per heavy atom. The zero-order valence-electron chi connectivity index (χ0n) is 11.2. The molecule has 0 aliphatic heterocycles. The number of nitrogens with one attached hydrogen (secondary N) is 1. The molecular formula is C14H17N3O2. The van der Waals surface area contributed by atoms with Gasteiger partial charge in [0.15, 0.2) is 5.89 Å². The van der Waals surface area contributed by atoms with E-state index in [1.165, 1.54) is 0 Å². The number of carbonyl (C=O) groups is 1. The van der Waals surface area contributed by atoms with Crippen molar-refractivity contribution in [2.24, 2.45) is 0 Å². The zero-order chi connectivity index (χ0) is 14.0. The number of oxazole rings is 1. The van der Waals surface area contributed by atoms with E-state index in [2.05, 4.69) is 10.3 Å². The normalized spacial score (nSPS) is 12.2. The van der Waals surface area contributed by atoms with Crippen molar-refractivity contribution in [3.63, 3.8) is 0 Å². The third kappa shape index (κ3) is 2.93. The smallest absolute Gasteiger partial charge is 0.289 e. The van der Waals surface area contributed by atoms with E-state index in [1.54, 1.807) is 13.8 Å². The highest BCUT2D eigenvalue weighted by Crippen LogP contribution is 2.16. The number of rotatable bonds is 3. The first-order chi connectivity index (χ1) is 8.97. The van der Waals surface area contributed by atoms with Crippen LogP contribution in [0.5, 0.6) is 0 Å². The second-order valence-electron chi connectivity index (χ2n) is 4.51. The fourth-order valence-corrected chi connectivity index (χ4v) is 1.87. The van der Waals surface area contributed by atoms with E-state index in [-0.39, 0.29) is 17.7 Å². The second kappa shape index (κ2) is 5.14. The number of anilines is 1. The van der Waals surface area contributed by atoms with Crippen molar-refractivity contribution in [3.8, 4) is 0 Å². The lowest BCUT2D eigenvalue weighted by atomic mass is 10.1. The molecule has 5 nitrogen and oxygen atoms in total. The molecule has 0 saturated heterocycles. The topological polar surface area (TPSA) is 81.2 Å². The first-order valence-electron chi connectivity index (χ1n) is 6.07. The summed E-state index contributed by atoms with van der Waals surface area (Å²) in [7, 11) is 0. The van der Waals surface area contributed by atoms with E-state index in [9.17, 15) is 4.79 Å². The predicted molar refractivity (Wildman–Crippen MR) is 72.7 cm³/mol. The highest BCUT2D eigenvalue weighted by atomic mass is 16.4. The number of benzene rings is 1. The minimum absolute atomic E-state index is 0.127. The van der Waals surface area contributed by atoms with Crippen molar-refractivity contribution < 1.29 is 9.21 Å². The molecule has 0 spiro atoms. The average Bonchev–Trinajstić information content (AvgIpc) is 2.69. The van der Waals surface area contributed by atoms with Crippen molar-refractivity contribution in [2.45, 2.75) is 26.8 Å². The Labute approximate surface area is 111 Å². The van der Waals surface area contributed by atoms with Crippen LogP contribution >= 0.6 is 0 Å². The molecule has 1 aromatic carbocycles. The fraction of sp³-hybridized carbons (Fsp3) is 0.286. The molecule has 2 aromatic rings. The molecule has 5 heteroatoms. The summed E-state index contributed by atoms with van der Waals surface area (Å²) in [6, 6.07) is 7.26. The number of nitrogens with zero attached hydrogens (tertiary/aromatic N) is 1. The molecule has 1 unspecified atom stereocenters. The summed E-state index contributed by atoms with van der Waals surface area (Å²) in [5.74, 6) is 0.491. The maximum absolute atomic E-state index is 12.1. The van der Waals surface area contributed by atoms with E-state index in [0.717, 1.165) is 5.56 Å². The molecule has 0 radical (unpaired) electrons. The van der Waals surface area contributed by atoms with Gasteiger partial charge in [-0.2, -0.15) is 0 Å². The van der Waals surface area contributed by atoms with E-state index < -0.39 is 0 Å². The summed E-state index contributed by atoms with van der Waals surface area (Å²) in [5.41, 5.74) is 7.91. The van der Waals surface area contributed by atoms with Crippen LogP contribution in [0.3, 0.4) is 0 Å². The number of carbonyl (C=O) groups excluding carboxylic acids is 1. The van der Waals surface area contributed by atoms with Crippen LogP contribution in [0.15, 0.2) is 28.7 Å². The second-order valence-corrected chi connectivity index (χ2v) is 4.51. The maximum Gasteiger partial charge on any atom is 0.289 e. The molecule has 0 fully saturated rings. The lowest BCUT2D eigenvalue weighted by molar-refractivity contribution is 0.0909. The van der Waals surface area contributed by atoms with Crippen molar-refractivity contribution in [1.82, 2.24) is 10.3 Å². The summed E-state index contributed by atoms with van der Waals surface area (Å²) in [6.07, 6.45) is 0. The van der Waals surface area contributed by atoms with Crippen LogP contribution in [0.1, 0.15) is 40.7 Å². The number of amides is 1. The Hall–Kier alpha value is -2.30. The van der Waals surface area contributed by atoms with Crippen molar-refractivity contribution in [3.05, 3.63) is 47.2 Å². The third-order valence-electron chi connectivity index (χ3n) is 2.89. The van der Waals surface area contributed by atoms with Gasteiger partial charge in [0.05, 0.1) is 11.7 Å². The van der Waals surface area contributed by atoms with Gasteiger partial charge in [-0.1, -0.05) is 12.1 Å². The molecule has 0 aliphatic carbocycles. The molecule has 1 aromatic heterocycles. The number of nitrogen functional groups attached to an aromatic ring is 1. The Balaban J connectivity index is 2.10. The quantitative estimate of drug-likeness (QED) is 0.829. The van der Waals surface area contributed by atoms with E-state index in [1.807, 2.05) is 31.2 Å². The Morgan fingerprint density at radius 2 is 1.95 bits per heavy atom. The van der Waals surface area contributed by atoms with E-state index in [4.69, 9.17) is 10.2 Å².